The highest BCUT2D eigenvalue weighted by Gasteiger charge is 2.00. The van der Waals surface area contributed by atoms with Crippen LogP contribution in [0.25, 0.3) is 0 Å². The van der Waals surface area contributed by atoms with E-state index in [0.717, 1.165) is 28.4 Å². The minimum absolute atomic E-state index is 0.667. The number of nitrogens with one attached hydrogen (secondary N) is 1. The molecule has 0 unspecified atom stereocenters. The Morgan fingerprint density at radius 3 is 3.00 bits per heavy atom. The van der Waals surface area contributed by atoms with Crippen LogP contribution in [0.1, 0.15) is 17.4 Å². The minimum atomic E-state index is 0.667. The van der Waals surface area contributed by atoms with Crippen molar-refractivity contribution >= 4 is 17.0 Å². The maximum atomic E-state index is 8.75. The summed E-state index contributed by atoms with van der Waals surface area (Å²) in [6, 6.07) is 11.9. The van der Waals surface area contributed by atoms with E-state index in [-0.39, 0.29) is 0 Å². The van der Waals surface area contributed by atoms with E-state index in [1.807, 2.05) is 42.6 Å². The second-order valence-electron chi connectivity index (χ2n) is 3.73. The molecule has 0 amide bonds. The third-order valence-corrected chi connectivity index (χ3v) is 3.33. The van der Waals surface area contributed by atoms with Crippen LogP contribution in [0.4, 0.5) is 5.69 Å². The fourth-order valence-corrected chi connectivity index (χ4v) is 2.33. The molecule has 0 spiro atoms. The Labute approximate surface area is 111 Å². The largest absolute Gasteiger partial charge is 0.494 e. The predicted molar refractivity (Wildman–Crippen MR) is 74.0 cm³/mol. The summed E-state index contributed by atoms with van der Waals surface area (Å²) in [4.78, 5) is 1.15. The average molecular weight is 258 g/mol. The summed E-state index contributed by atoms with van der Waals surface area (Å²) in [6.45, 7) is 3.36. The molecule has 4 heteroatoms. The monoisotopic (exact) mass is 258 g/mol. The third kappa shape index (κ3) is 3.25. The Kier molecular flexibility index (Phi) is 4.21. The molecule has 0 radical (unpaired) electrons. The lowest BCUT2D eigenvalue weighted by Crippen LogP contribution is -1.98. The molecule has 1 heterocycles. The van der Waals surface area contributed by atoms with Crippen molar-refractivity contribution in [3.8, 4) is 11.8 Å². The van der Waals surface area contributed by atoms with Crippen LogP contribution in [-0.2, 0) is 6.54 Å². The van der Waals surface area contributed by atoms with Crippen LogP contribution in [-0.4, -0.2) is 6.61 Å². The van der Waals surface area contributed by atoms with Crippen LogP contribution < -0.4 is 10.1 Å². The Morgan fingerprint density at radius 2 is 2.28 bits per heavy atom. The Balaban J connectivity index is 1.97. The van der Waals surface area contributed by atoms with E-state index in [9.17, 15) is 0 Å². The number of nitriles is 1. The number of benzene rings is 1. The summed E-state index contributed by atoms with van der Waals surface area (Å²) in [6.07, 6.45) is 0. The van der Waals surface area contributed by atoms with Gasteiger partial charge in [-0.15, -0.1) is 11.3 Å². The van der Waals surface area contributed by atoms with E-state index in [1.54, 1.807) is 11.3 Å². The number of thiophene rings is 1. The minimum Gasteiger partial charge on any atom is -0.494 e. The molecule has 0 aliphatic heterocycles. The molecular weight excluding hydrogens is 244 g/mol. The van der Waals surface area contributed by atoms with Gasteiger partial charge in [-0.3, -0.25) is 0 Å². The molecule has 2 aromatic rings. The van der Waals surface area contributed by atoms with Crippen molar-refractivity contribution in [2.45, 2.75) is 13.5 Å². The molecule has 18 heavy (non-hydrogen) atoms. The molecule has 1 aromatic heterocycles. The smallest absolute Gasteiger partial charge is 0.121 e. The first-order valence-electron chi connectivity index (χ1n) is 5.76. The average Bonchev–Trinajstić information content (AvgIpc) is 2.85. The fraction of sp³-hybridized carbons (Fsp3) is 0.214. The number of hydrogen-bond donors (Lipinski definition) is 1. The first-order valence-corrected chi connectivity index (χ1v) is 6.64. The van der Waals surface area contributed by atoms with Gasteiger partial charge in [0, 0.05) is 28.6 Å². The van der Waals surface area contributed by atoms with Gasteiger partial charge in [-0.1, -0.05) is 6.07 Å². The van der Waals surface area contributed by atoms with Gasteiger partial charge < -0.3 is 10.1 Å². The molecule has 1 N–H and O–H groups in total. The van der Waals surface area contributed by atoms with E-state index in [2.05, 4.69) is 11.4 Å². The van der Waals surface area contributed by atoms with Gasteiger partial charge >= 0.3 is 0 Å². The zero-order valence-electron chi connectivity index (χ0n) is 10.1. The SMILES string of the molecule is CCOc1cccc(NCc2cc(C#N)cs2)c1. The molecule has 0 saturated heterocycles. The van der Waals surface area contributed by atoms with Gasteiger partial charge in [-0.2, -0.15) is 5.26 Å². The summed E-state index contributed by atoms with van der Waals surface area (Å²) >= 11 is 1.59. The van der Waals surface area contributed by atoms with Crippen LogP contribution in [0.5, 0.6) is 5.75 Å². The van der Waals surface area contributed by atoms with E-state index in [1.165, 1.54) is 0 Å². The maximum Gasteiger partial charge on any atom is 0.121 e. The first kappa shape index (κ1) is 12.5. The highest BCUT2D eigenvalue weighted by Crippen LogP contribution is 2.20. The standard InChI is InChI=1S/C14H14N2OS/c1-2-17-13-5-3-4-12(7-13)16-9-14-6-11(8-15)10-18-14/h3-7,10,16H,2,9H2,1H3. The van der Waals surface area contributed by atoms with Gasteiger partial charge in [0.25, 0.3) is 0 Å². The maximum absolute atomic E-state index is 8.75. The normalized spacial score (nSPS) is 9.78. The van der Waals surface area contributed by atoms with Gasteiger partial charge in [-0.05, 0) is 25.1 Å². The second kappa shape index (κ2) is 6.08. The Bertz CT molecular complexity index is 557. The van der Waals surface area contributed by atoms with Crippen molar-refractivity contribution in [3.05, 3.63) is 46.2 Å². The second-order valence-corrected chi connectivity index (χ2v) is 4.72. The van der Waals surface area contributed by atoms with Crippen LogP contribution in [0.2, 0.25) is 0 Å². The molecule has 2 rings (SSSR count). The van der Waals surface area contributed by atoms with Crippen LogP contribution >= 0.6 is 11.3 Å². The molecule has 0 bridgehead atoms. The van der Waals surface area contributed by atoms with E-state index in [0.29, 0.717) is 6.61 Å². The van der Waals surface area contributed by atoms with Gasteiger partial charge in [0.15, 0.2) is 0 Å². The van der Waals surface area contributed by atoms with E-state index in [4.69, 9.17) is 10.00 Å². The molecule has 0 aliphatic carbocycles. The van der Waals surface area contributed by atoms with Crippen molar-refractivity contribution in [2.75, 3.05) is 11.9 Å². The highest BCUT2D eigenvalue weighted by molar-refractivity contribution is 7.10. The summed E-state index contributed by atoms with van der Waals surface area (Å²) in [5, 5.41) is 13.9. The summed E-state index contributed by atoms with van der Waals surface area (Å²) in [5.74, 6) is 0.867. The van der Waals surface area contributed by atoms with Gasteiger partial charge in [0.05, 0.1) is 12.2 Å². The molecule has 3 nitrogen and oxygen atoms in total. The van der Waals surface area contributed by atoms with Crippen molar-refractivity contribution in [2.24, 2.45) is 0 Å². The van der Waals surface area contributed by atoms with Crippen molar-refractivity contribution in [3.63, 3.8) is 0 Å². The van der Waals surface area contributed by atoms with E-state index < -0.39 is 0 Å². The molecule has 92 valence electrons. The van der Waals surface area contributed by atoms with Crippen molar-refractivity contribution in [1.29, 1.82) is 5.26 Å². The lowest BCUT2D eigenvalue weighted by Gasteiger charge is -2.07. The number of ether oxygens (including phenoxy) is 1. The number of rotatable bonds is 5. The molecule has 0 atom stereocenters. The summed E-state index contributed by atoms with van der Waals surface area (Å²) < 4.78 is 5.44. The molecule has 0 saturated carbocycles. The van der Waals surface area contributed by atoms with Crippen LogP contribution in [0.3, 0.4) is 0 Å². The zero-order chi connectivity index (χ0) is 12.8. The third-order valence-electron chi connectivity index (χ3n) is 2.39. The topological polar surface area (TPSA) is 45.0 Å². The quantitative estimate of drug-likeness (QED) is 0.890. The molecule has 0 aliphatic rings. The van der Waals surface area contributed by atoms with Gasteiger partial charge in [0.1, 0.15) is 11.8 Å². The molecule has 0 fully saturated rings. The zero-order valence-corrected chi connectivity index (χ0v) is 11.0. The van der Waals surface area contributed by atoms with Gasteiger partial charge in [-0.25, -0.2) is 0 Å². The molecular formula is C14H14N2OS. The summed E-state index contributed by atoms with van der Waals surface area (Å²) in [7, 11) is 0. The number of anilines is 1. The summed E-state index contributed by atoms with van der Waals surface area (Å²) in [5.41, 5.74) is 1.74. The highest BCUT2D eigenvalue weighted by atomic mass is 32.1. The Morgan fingerprint density at radius 1 is 1.39 bits per heavy atom. The predicted octanol–water partition coefficient (Wildman–Crippen LogP) is 3.63. The lowest BCUT2D eigenvalue weighted by molar-refractivity contribution is 0.340. The number of hydrogen-bond acceptors (Lipinski definition) is 4. The Hall–Kier alpha value is -1.99. The van der Waals surface area contributed by atoms with E-state index >= 15 is 0 Å². The number of nitrogens with zero attached hydrogens (tertiary/aromatic N) is 1. The first-order chi connectivity index (χ1) is 8.81. The fourth-order valence-electron chi connectivity index (χ4n) is 1.58. The van der Waals surface area contributed by atoms with Crippen LogP contribution in [0.15, 0.2) is 35.7 Å². The van der Waals surface area contributed by atoms with Crippen molar-refractivity contribution < 1.29 is 4.74 Å². The van der Waals surface area contributed by atoms with Crippen molar-refractivity contribution in [1.82, 2.24) is 0 Å². The van der Waals surface area contributed by atoms with Gasteiger partial charge in [0.2, 0.25) is 0 Å². The lowest BCUT2D eigenvalue weighted by atomic mass is 10.3. The molecule has 1 aromatic carbocycles. The van der Waals surface area contributed by atoms with Crippen LogP contribution in [0, 0.1) is 11.3 Å².